The number of aromatic nitrogens is 1. The molecule has 0 spiro atoms. The van der Waals surface area contributed by atoms with Gasteiger partial charge in [-0.2, -0.15) is 0 Å². The summed E-state index contributed by atoms with van der Waals surface area (Å²) < 4.78 is 5.65. The molecule has 0 radical (unpaired) electrons. The van der Waals surface area contributed by atoms with E-state index in [0.717, 1.165) is 50.3 Å². The van der Waals surface area contributed by atoms with Gasteiger partial charge in [-0.25, -0.2) is 9.78 Å². The molecule has 0 saturated carbocycles. The number of carbonyl (C=O) groups is 1. The molecule has 0 atom stereocenters. The third kappa shape index (κ3) is 6.06. The van der Waals surface area contributed by atoms with E-state index < -0.39 is 0 Å². The van der Waals surface area contributed by atoms with Crippen molar-refractivity contribution in [3.8, 4) is 5.75 Å². The van der Waals surface area contributed by atoms with Crippen molar-refractivity contribution >= 4 is 28.2 Å². The van der Waals surface area contributed by atoms with Gasteiger partial charge in [0.2, 0.25) is 0 Å². The summed E-state index contributed by atoms with van der Waals surface area (Å²) >= 11 is 1.45. The molecular formula is C24H28N4O2S. The van der Waals surface area contributed by atoms with Crippen molar-refractivity contribution in [1.29, 1.82) is 0 Å². The van der Waals surface area contributed by atoms with Crippen LogP contribution in [0.4, 0.5) is 15.6 Å². The average molecular weight is 437 g/mol. The Morgan fingerprint density at radius 3 is 2.74 bits per heavy atom. The maximum atomic E-state index is 12.3. The number of anilines is 2. The van der Waals surface area contributed by atoms with Crippen LogP contribution in [-0.2, 0) is 19.5 Å². The number of ether oxygens (including phenoxy) is 1. The van der Waals surface area contributed by atoms with E-state index in [4.69, 9.17) is 4.74 Å². The van der Waals surface area contributed by atoms with Gasteiger partial charge in [0.1, 0.15) is 5.75 Å². The Bertz CT molecular complexity index is 1000. The monoisotopic (exact) mass is 436 g/mol. The molecule has 31 heavy (non-hydrogen) atoms. The normalized spacial score (nSPS) is 13.5. The molecular weight excluding hydrogens is 408 g/mol. The van der Waals surface area contributed by atoms with Crippen molar-refractivity contribution in [2.45, 2.75) is 39.3 Å². The Morgan fingerprint density at radius 1 is 1.13 bits per heavy atom. The van der Waals surface area contributed by atoms with Gasteiger partial charge >= 0.3 is 6.03 Å². The summed E-state index contributed by atoms with van der Waals surface area (Å²) in [7, 11) is 0. The first-order valence-corrected chi connectivity index (χ1v) is 11.6. The predicted molar refractivity (Wildman–Crippen MR) is 126 cm³/mol. The van der Waals surface area contributed by atoms with Crippen LogP contribution in [0.3, 0.4) is 0 Å². The van der Waals surface area contributed by atoms with Gasteiger partial charge in [-0.05, 0) is 48.2 Å². The van der Waals surface area contributed by atoms with E-state index in [9.17, 15) is 4.79 Å². The van der Waals surface area contributed by atoms with Crippen molar-refractivity contribution in [3.63, 3.8) is 0 Å². The van der Waals surface area contributed by atoms with Gasteiger partial charge in [0.05, 0.1) is 12.3 Å². The fourth-order valence-corrected chi connectivity index (χ4v) is 4.28. The molecule has 7 heteroatoms. The zero-order valence-corrected chi connectivity index (χ0v) is 18.6. The van der Waals surface area contributed by atoms with Gasteiger partial charge in [-0.3, -0.25) is 10.2 Å². The highest BCUT2D eigenvalue weighted by molar-refractivity contribution is 7.13. The maximum Gasteiger partial charge on any atom is 0.325 e. The van der Waals surface area contributed by atoms with Gasteiger partial charge in [-0.15, -0.1) is 11.3 Å². The van der Waals surface area contributed by atoms with E-state index in [1.54, 1.807) is 0 Å². The van der Waals surface area contributed by atoms with E-state index in [1.165, 1.54) is 22.5 Å². The molecule has 6 nitrogen and oxygen atoms in total. The van der Waals surface area contributed by atoms with E-state index >= 15 is 0 Å². The second-order valence-corrected chi connectivity index (χ2v) is 8.54. The number of urea groups is 1. The van der Waals surface area contributed by atoms with Crippen molar-refractivity contribution in [1.82, 2.24) is 9.88 Å². The van der Waals surface area contributed by atoms with E-state index in [2.05, 4.69) is 51.7 Å². The molecule has 0 bridgehead atoms. The Hall–Kier alpha value is -2.90. The largest absolute Gasteiger partial charge is 0.494 e. The van der Waals surface area contributed by atoms with Crippen molar-refractivity contribution in [3.05, 3.63) is 70.7 Å². The highest BCUT2D eigenvalue weighted by Crippen LogP contribution is 2.23. The van der Waals surface area contributed by atoms with Crippen LogP contribution in [0.5, 0.6) is 5.75 Å². The van der Waals surface area contributed by atoms with Crippen molar-refractivity contribution < 1.29 is 9.53 Å². The zero-order chi connectivity index (χ0) is 21.5. The van der Waals surface area contributed by atoms with Crippen molar-refractivity contribution in [2.24, 2.45) is 0 Å². The first-order valence-electron chi connectivity index (χ1n) is 10.7. The van der Waals surface area contributed by atoms with Gasteiger partial charge < -0.3 is 10.1 Å². The number of hydrogen-bond acceptors (Lipinski definition) is 5. The van der Waals surface area contributed by atoms with Gasteiger partial charge in [0.15, 0.2) is 5.13 Å². The number of hydrogen-bond donors (Lipinski definition) is 2. The van der Waals surface area contributed by atoms with Crippen LogP contribution < -0.4 is 15.4 Å². The number of nitrogens with one attached hydrogen (secondary N) is 2. The number of rotatable bonds is 8. The van der Waals surface area contributed by atoms with Gasteiger partial charge in [0.25, 0.3) is 0 Å². The molecule has 0 unspecified atom stereocenters. The summed E-state index contributed by atoms with van der Waals surface area (Å²) in [4.78, 5) is 19.3. The first kappa shape index (κ1) is 21.3. The fraction of sp³-hybridized carbons (Fsp3) is 0.333. The molecule has 1 aromatic heterocycles. The minimum absolute atomic E-state index is 0.299. The lowest BCUT2D eigenvalue weighted by Gasteiger charge is -2.27. The number of amides is 2. The molecule has 2 N–H and O–H groups in total. The molecule has 0 aliphatic carbocycles. The Morgan fingerprint density at radius 2 is 1.94 bits per heavy atom. The Kier molecular flexibility index (Phi) is 7.17. The smallest absolute Gasteiger partial charge is 0.325 e. The van der Waals surface area contributed by atoms with E-state index in [0.29, 0.717) is 17.4 Å². The Labute approximate surface area is 187 Å². The summed E-state index contributed by atoms with van der Waals surface area (Å²) in [5.74, 6) is 0.810. The van der Waals surface area contributed by atoms with Crippen molar-refractivity contribution in [2.75, 3.05) is 23.8 Å². The minimum Gasteiger partial charge on any atom is -0.494 e. The third-order valence-electron chi connectivity index (χ3n) is 5.25. The van der Waals surface area contributed by atoms with E-state index in [-0.39, 0.29) is 6.03 Å². The Balaban J connectivity index is 1.25. The summed E-state index contributed by atoms with van der Waals surface area (Å²) in [5.41, 5.74) is 4.53. The molecule has 0 fully saturated rings. The molecule has 0 saturated heterocycles. The molecule has 1 aliphatic rings. The van der Waals surface area contributed by atoms with Crippen LogP contribution in [0.15, 0.2) is 53.9 Å². The highest BCUT2D eigenvalue weighted by Gasteiger charge is 2.17. The predicted octanol–water partition coefficient (Wildman–Crippen LogP) is 5.52. The average Bonchev–Trinajstić information content (AvgIpc) is 3.21. The lowest BCUT2D eigenvalue weighted by molar-refractivity contribution is 0.243. The number of nitrogens with zero attached hydrogens (tertiary/aromatic N) is 2. The number of unbranched alkanes of at least 4 members (excludes halogenated alkanes) is 1. The molecule has 162 valence electrons. The molecule has 3 aromatic rings. The summed E-state index contributed by atoms with van der Waals surface area (Å²) in [6.07, 6.45) is 3.20. The summed E-state index contributed by atoms with van der Waals surface area (Å²) in [5, 5.41) is 8.28. The van der Waals surface area contributed by atoms with Crippen LogP contribution in [0.25, 0.3) is 0 Å². The molecule has 2 aromatic carbocycles. The first-order chi connectivity index (χ1) is 15.2. The number of benzene rings is 2. The third-order valence-corrected chi connectivity index (χ3v) is 6.05. The lowest BCUT2D eigenvalue weighted by Crippen LogP contribution is -2.30. The summed E-state index contributed by atoms with van der Waals surface area (Å²) in [6.45, 7) is 5.59. The van der Waals surface area contributed by atoms with Gasteiger partial charge in [0, 0.05) is 30.7 Å². The van der Waals surface area contributed by atoms with Gasteiger partial charge in [-0.1, -0.05) is 37.6 Å². The standard InChI is InChI=1S/C24H28N4O2S/c1-2-3-14-30-22-10-8-20(9-11-22)25-23(29)27-24-26-21(17-31-24)16-28-13-12-18-6-4-5-7-19(18)15-28/h4-11,17H,2-3,12-16H2,1H3,(H2,25,26,27,29). The zero-order valence-electron chi connectivity index (χ0n) is 17.8. The van der Waals surface area contributed by atoms with Crippen LogP contribution >= 0.6 is 11.3 Å². The van der Waals surface area contributed by atoms with Crippen LogP contribution in [0.1, 0.15) is 36.6 Å². The van der Waals surface area contributed by atoms with Crippen LogP contribution in [0.2, 0.25) is 0 Å². The van der Waals surface area contributed by atoms with Crippen LogP contribution in [0, 0.1) is 0 Å². The summed E-state index contributed by atoms with van der Waals surface area (Å²) in [6, 6.07) is 15.7. The molecule has 1 aliphatic heterocycles. The highest BCUT2D eigenvalue weighted by atomic mass is 32.1. The second kappa shape index (κ2) is 10.4. The molecule has 2 heterocycles. The maximum absolute atomic E-state index is 12.3. The number of carbonyl (C=O) groups excluding carboxylic acids is 1. The fourth-order valence-electron chi connectivity index (χ4n) is 3.58. The SMILES string of the molecule is CCCCOc1ccc(NC(=O)Nc2nc(CN3CCc4ccccc4C3)cs2)cc1. The second-order valence-electron chi connectivity index (χ2n) is 7.68. The van der Waals surface area contributed by atoms with Crippen LogP contribution in [-0.4, -0.2) is 29.1 Å². The molecule has 4 rings (SSSR count). The quantitative estimate of drug-likeness (QED) is 0.456. The van der Waals surface area contributed by atoms with E-state index in [1.807, 2.05) is 29.6 Å². The topological polar surface area (TPSA) is 66.5 Å². The minimum atomic E-state index is -0.299. The molecule has 2 amide bonds. The lowest BCUT2D eigenvalue weighted by atomic mass is 10.00. The number of thiazole rings is 1. The number of fused-ring (bicyclic) bond motifs is 1.